The molecular formula is C40H38F5N3O2S. The van der Waals surface area contributed by atoms with Gasteiger partial charge in [-0.15, -0.1) is 11.8 Å². The summed E-state index contributed by atoms with van der Waals surface area (Å²) in [4.78, 5) is 31.9. The first kappa shape index (κ1) is 36.3. The third-order valence-corrected chi connectivity index (χ3v) is 10.6. The predicted octanol–water partition coefficient (Wildman–Crippen LogP) is 9.16. The summed E-state index contributed by atoms with van der Waals surface area (Å²) in [5.74, 6) is -2.00. The van der Waals surface area contributed by atoms with Crippen LogP contribution in [-0.4, -0.2) is 45.4 Å². The van der Waals surface area contributed by atoms with Gasteiger partial charge in [-0.2, -0.15) is 13.2 Å². The lowest BCUT2D eigenvalue weighted by Gasteiger charge is -2.40. The highest BCUT2D eigenvalue weighted by molar-refractivity contribution is 7.98. The fraction of sp³-hybridized carbons (Fsp3) is 0.300. The number of alkyl halides is 3. The quantitative estimate of drug-likeness (QED) is 0.107. The minimum Gasteiger partial charge on any atom is -0.334 e. The number of fused-ring (bicyclic) bond motifs is 1. The monoisotopic (exact) mass is 719 g/mol. The molecule has 0 radical (unpaired) electrons. The Morgan fingerprint density at radius 3 is 2.18 bits per heavy atom. The summed E-state index contributed by atoms with van der Waals surface area (Å²) < 4.78 is 69.6. The zero-order valence-electron chi connectivity index (χ0n) is 28.3. The summed E-state index contributed by atoms with van der Waals surface area (Å²) in [5, 5.41) is 0.911. The lowest BCUT2D eigenvalue weighted by atomic mass is 9.99. The summed E-state index contributed by atoms with van der Waals surface area (Å²) in [7, 11) is 0. The first-order valence-electron chi connectivity index (χ1n) is 16.9. The molecule has 1 saturated heterocycles. The maximum atomic E-state index is 14.6. The van der Waals surface area contributed by atoms with Crippen LogP contribution in [-0.2, 0) is 29.8 Å². The fourth-order valence-electron chi connectivity index (χ4n) is 6.61. The molecule has 4 aromatic carbocycles. The number of aromatic nitrogens is 1. The molecule has 0 spiro atoms. The highest BCUT2D eigenvalue weighted by Crippen LogP contribution is 2.32. The first-order valence-corrected chi connectivity index (χ1v) is 17.9. The molecule has 0 aliphatic carbocycles. The van der Waals surface area contributed by atoms with E-state index in [4.69, 9.17) is 0 Å². The Morgan fingerprint density at radius 2 is 1.53 bits per heavy atom. The smallest absolute Gasteiger partial charge is 0.334 e. The maximum absolute atomic E-state index is 14.6. The third kappa shape index (κ3) is 8.37. The SMILES string of the molecule is CC(C)N1CCC(N(Cc2ccc(-c3ccc(C(F)(F)F)cc3)cc2)C(=O)Cn2c(SCc3cccc(F)c3F)cc(=O)c3ccccc32)CC1. The number of amides is 1. The van der Waals surface area contributed by atoms with Crippen LogP contribution in [0.3, 0.4) is 0 Å². The van der Waals surface area contributed by atoms with Crippen molar-refractivity contribution in [3.63, 3.8) is 0 Å². The predicted molar refractivity (Wildman–Crippen MR) is 191 cm³/mol. The van der Waals surface area contributed by atoms with E-state index in [9.17, 15) is 31.5 Å². The van der Waals surface area contributed by atoms with Gasteiger partial charge in [0.25, 0.3) is 0 Å². The van der Waals surface area contributed by atoms with Crippen molar-refractivity contribution < 1.29 is 26.7 Å². The molecule has 6 rings (SSSR count). The van der Waals surface area contributed by atoms with Gasteiger partial charge >= 0.3 is 6.18 Å². The molecule has 266 valence electrons. The van der Waals surface area contributed by atoms with Crippen LogP contribution in [0.1, 0.15) is 43.4 Å². The number of carbonyl (C=O) groups is 1. The Morgan fingerprint density at radius 1 is 0.882 bits per heavy atom. The van der Waals surface area contributed by atoms with Gasteiger partial charge in [0.05, 0.1) is 16.1 Å². The summed E-state index contributed by atoms with van der Waals surface area (Å²) in [6, 6.07) is 25.3. The summed E-state index contributed by atoms with van der Waals surface area (Å²) >= 11 is 1.17. The molecule has 0 N–H and O–H groups in total. The molecule has 51 heavy (non-hydrogen) atoms. The lowest BCUT2D eigenvalue weighted by Crippen LogP contribution is -2.49. The van der Waals surface area contributed by atoms with E-state index in [2.05, 4.69) is 18.7 Å². The number of carbonyl (C=O) groups excluding carboxylic acids is 1. The van der Waals surface area contributed by atoms with E-state index >= 15 is 0 Å². The van der Waals surface area contributed by atoms with Crippen LogP contribution in [0, 0.1) is 11.6 Å². The van der Waals surface area contributed by atoms with Crippen molar-refractivity contribution >= 4 is 28.6 Å². The van der Waals surface area contributed by atoms with Crippen molar-refractivity contribution in [2.75, 3.05) is 13.1 Å². The first-order chi connectivity index (χ1) is 24.4. The number of piperidine rings is 1. The number of benzene rings is 4. The van der Waals surface area contributed by atoms with E-state index in [1.807, 2.05) is 29.2 Å². The van der Waals surface area contributed by atoms with Crippen LogP contribution in [0.5, 0.6) is 0 Å². The van der Waals surface area contributed by atoms with Gasteiger partial charge in [0.15, 0.2) is 17.1 Å². The number of para-hydroxylation sites is 1. The minimum absolute atomic E-state index is 0.0507. The van der Waals surface area contributed by atoms with Crippen LogP contribution in [0.2, 0.25) is 0 Å². The van der Waals surface area contributed by atoms with E-state index in [1.54, 1.807) is 28.8 Å². The molecule has 1 amide bonds. The van der Waals surface area contributed by atoms with Gasteiger partial charge in [0.2, 0.25) is 5.91 Å². The largest absolute Gasteiger partial charge is 0.416 e. The number of thioether (sulfide) groups is 1. The molecule has 0 saturated carbocycles. The van der Waals surface area contributed by atoms with E-state index in [0.717, 1.165) is 55.3 Å². The highest BCUT2D eigenvalue weighted by atomic mass is 32.2. The Bertz CT molecular complexity index is 2060. The number of hydrogen-bond donors (Lipinski definition) is 0. The van der Waals surface area contributed by atoms with Crippen molar-refractivity contribution in [2.45, 2.75) is 68.8 Å². The molecule has 0 bridgehead atoms. The summed E-state index contributed by atoms with van der Waals surface area (Å²) in [6.45, 7) is 6.20. The van der Waals surface area contributed by atoms with Gasteiger partial charge in [-0.25, -0.2) is 8.78 Å². The molecule has 1 fully saturated rings. The molecule has 1 aromatic heterocycles. The zero-order valence-corrected chi connectivity index (χ0v) is 29.1. The molecule has 5 nitrogen and oxygen atoms in total. The van der Waals surface area contributed by atoms with Gasteiger partial charge in [-0.1, -0.05) is 60.7 Å². The minimum atomic E-state index is -4.41. The van der Waals surface area contributed by atoms with Crippen molar-refractivity contribution in [3.05, 3.63) is 136 Å². The molecule has 2 heterocycles. The van der Waals surface area contributed by atoms with Crippen LogP contribution in [0.25, 0.3) is 22.0 Å². The number of nitrogens with zero attached hydrogens (tertiary/aromatic N) is 3. The van der Waals surface area contributed by atoms with Gasteiger partial charge in [-0.05, 0) is 73.7 Å². The lowest BCUT2D eigenvalue weighted by molar-refractivity contribution is -0.138. The van der Waals surface area contributed by atoms with Crippen molar-refractivity contribution in [3.8, 4) is 11.1 Å². The topological polar surface area (TPSA) is 45.5 Å². The Balaban J connectivity index is 1.29. The second-order valence-electron chi connectivity index (χ2n) is 13.1. The molecule has 1 aliphatic rings. The normalized spacial score (nSPS) is 14.4. The molecular weight excluding hydrogens is 682 g/mol. The second-order valence-corrected chi connectivity index (χ2v) is 14.1. The van der Waals surface area contributed by atoms with Crippen molar-refractivity contribution in [1.29, 1.82) is 0 Å². The number of hydrogen-bond acceptors (Lipinski definition) is 4. The van der Waals surface area contributed by atoms with Gasteiger partial charge in [0.1, 0.15) is 6.54 Å². The summed E-state index contributed by atoms with van der Waals surface area (Å²) in [6.07, 6.45) is -2.86. The molecule has 0 unspecified atom stereocenters. The average Bonchev–Trinajstić information content (AvgIpc) is 3.12. The van der Waals surface area contributed by atoms with E-state index in [1.165, 1.54) is 42.1 Å². The molecule has 1 aliphatic heterocycles. The Hall–Kier alpha value is -4.48. The van der Waals surface area contributed by atoms with E-state index in [0.29, 0.717) is 34.1 Å². The van der Waals surface area contributed by atoms with Gasteiger partial charge < -0.3 is 14.4 Å². The maximum Gasteiger partial charge on any atom is 0.416 e. The van der Waals surface area contributed by atoms with Crippen LogP contribution >= 0.6 is 11.8 Å². The van der Waals surface area contributed by atoms with Gasteiger partial charge in [-0.3, -0.25) is 9.59 Å². The van der Waals surface area contributed by atoms with E-state index in [-0.39, 0.29) is 35.2 Å². The number of likely N-dealkylation sites (tertiary alicyclic amines) is 1. The van der Waals surface area contributed by atoms with Crippen LogP contribution < -0.4 is 5.43 Å². The Labute approximate surface area is 297 Å². The highest BCUT2D eigenvalue weighted by Gasteiger charge is 2.31. The van der Waals surface area contributed by atoms with Gasteiger partial charge in [0, 0.05) is 54.5 Å². The third-order valence-electron chi connectivity index (χ3n) is 9.52. The Kier molecular flexibility index (Phi) is 11.0. The molecule has 11 heteroatoms. The fourth-order valence-corrected chi connectivity index (χ4v) is 7.65. The van der Waals surface area contributed by atoms with Crippen LogP contribution in [0.15, 0.2) is 107 Å². The van der Waals surface area contributed by atoms with Crippen molar-refractivity contribution in [1.82, 2.24) is 14.4 Å². The number of rotatable bonds is 10. The second kappa shape index (κ2) is 15.4. The number of pyridine rings is 1. The molecule has 5 aromatic rings. The van der Waals surface area contributed by atoms with Crippen LogP contribution in [0.4, 0.5) is 22.0 Å². The number of halogens is 5. The average molecular weight is 720 g/mol. The summed E-state index contributed by atoms with van der Waals surface area (Å²) in [5.41, 5.74) is 2.05. The van der Waals surface area contributed by atoms with E-state index < -0.39 is 23.4 Å². The zero-order chi connectivity index (χ0) is 36.3. The standard InChI is InChI=1S/C40H38F5N3O2S/c1-26(2)46-20-18-32(19-21-46)47(23-27-10-12-28(13-11-27)29-14-16-31(17-15-29)40(43,44)45)37(50)24-48-35-9-4-3-7-33(35)36(49)22-38(48)51-25-30-6-5-8-34(41)39(30)42/h3-17,22,26,32H,18-21,23-25H2,1-2H3. The van der Waals surface area contributed by atoms with Crippen molar-refractivity contribution in [2.24, 2.45) is 0 Å². The molecule has 0 atom stereocenters.